The molecule has 0 spiro atoms. The first-order valence-electron chi connectivity index (χ1n) is 6.04. The Bertz CT molecular complexity index is 243. The van der Waals surface area contributed by atoms with E-state index in [0.29, 0.717) is 32.0 Å². The van der Waals surface area contributed by atoms with Gasteiger partial charge in [0, 0.05) is 6.42 Å². The lowest BCUT2D eigenvalue weighted by atomic mass is 9.91. The fourth-order valence-corrected chi connectivity index (χ4v) is 2.26. The summed E-state index contributed by atoms with van der Waals surface area (Å²) in [6.07, 6.45) is 1.51. The van der Waals surface area contributed by atoms with Crippen LogP contribution in [0, 0.1) is 11.8 Å². The van der Waals surface area contributed by atoms with Gasteiger partial charge in [0.1, 0.15) is 0 Å². The number of carbonyl (C=O) groups is 1. The highest BCUT2D eigenvalue weighted by molar-refractivity contribution is 5.77. The van der Waals surface area contributed by atoms with Gasteiger partial charge >= 0.3 is 0 Å². The van der Waals surface area contributed by atoms with E-state index in [0.717, 1.165) is 6.42 Å². The second kappa shape index (κ2) is 5.15. The molecule has 0 aromatic rings. The van der Waals surface area contributed by atoms with E-state index in [1.807, 2.05) is 0 Å². The average molecular weight is 228 g/mol. The summed E-state index contributed by atoms with van der Waals surface area (Å²) < 4.78 is 0. The fraction of sp³-hybridized carbons (Fsp3) is 0.917. The summed E-state index contributed by atoms with van der Waals surface area (Å²) in [5, 5.41) is 9.55. The van der Waals surface area contributed by atoms with Gasteiger partial charge < -0.3 is 15.7 Å². The Morgan fingerprint density at radius 1 is 1.50 bits per heavy atom. The van der Waals surface area contributed by atoms with Gasteiger partial charge in [-0.15, -0.1) is 0 Å². The third-order valence-corrected chi connectivity index (χ3v) is 3.02. The molecule has 1 unspecified atom stereocenters. The lowest BCUT2D eigenvalue weighted by Gasteiger charge is -2.44. The maximum Gasteiger partial charge on any atom is 0.223 e. The fourth-order valence-electron chi connectivity index (χ4n) is 2.26. The predicted octanol–water partition coefficient (Wildman–Crippen LogP) is 0.591. The highest BCUT2D eigenvalue weighted by Gasteiger charge is 2.39. The van der Waals surface area contributed by atoms with Crippen molar-refractivity contribution < 1.29 is 9.90 Å². The summed E-state index contributed by atoms with van der Waals surface area (Å²) in [5.74, 6) is 0.974. The summed E-state index contributed by atoms with van der Waals surface area (Å²) in [5.41, 5.74) is 4.99. The third kappa shape index (κ3) is 3.76. The van der Waals surface area contributed by atoms with Crippen molar-refractivity contribution in [3.8, 4) is 0 Å². The van der Waals surface area contributed by atoms with Crippen LogP contribution >= 0.6 is 0 Å². The number of likely N-dealkylation sites (tertiary alicyclic amines) is 1. The molecule has 4 nitrogen and oxygen atoms in total. The van der Waals surface area contributed by atoms with Gasteiger partial charge in [-0.25, -0.2) is 0 Å². The van der Waals surface area contributed by atoms with Gasteiger partial charge in [-0.05, 0) is 31.7 Å². The molecular formula is C12H24N2O2. The maximum absolute atomic E-state index is 11.8. The SMILES string of the molecule is CC(C)CC(CN)CC(=O)N1CC(C)(O)C1. The molecule has 1 atom stereocenters. The van der Waals surface area contributed by atoms with Crippen LogP contribution in [0.5, 0.6) is 0 Å². The number of rotatable bonds is 5. The van der Waals surface area contributed by atoms with Crippen molar-refractivity contribution in [2.45, 2.75) is 39.2 Å². The molecule has 16 heavy (non-hydrogen) atoms. The molecule has 0 radical (unpaired) electrons. The highest BCUT2D eigenvalue weighted by atomic mass is 16.3. The van der Waals surface area contributed by atoms with E-state index in [1.165, 1.54) is 0 Å². The minimum absolute atomic E-state index is 0.127. The van der Waals surface area contributed by atoms with Crippen molar-refractivity contribution in [2.75, 3.05) is 19.6 Å². The van der Waals surface area contributed by atoms with E-state index in [2.05, 4.69) is 13.8 Å². The molecule has 0 saturated carbocycles. The lowest BCUT2D eigenvalue weighted by Crippen LogP contribution is -2.61. The minimum atomic E-state index is -0.675. The molecule has 1 rings (SSSR count). The molecule has 3 N–H and O–H groups in total. The van der Waals surface area contributed by atoms with Crippen molar-refractivity contribution >= 4 is 5.91 Å². The average Bonchev–Trinajstić information content (AvgIpc) is 2.11. The van der Waals surface area contributed by atoms with Crippen LogP contribution in [0.25, 0.3) is 0 Å². The molecule has 4 heteroatoms. The van der Waals surface area contributed by atoms with Gasteiger partial charge in [0.2, 0.25) is 5.91 Å². The third-order valence-electron chi connectivity index (χ3n) is 3.02. The molecule has 94 valence electrons. The van der Waals surface area contributed by atoms with E-state index >= 15 is 0 Å². The molecule has 1 saturated heterocycles. The van der Waals surface area contributed by atoms with Crippen LogP contribution in [0.2, 0.25) is 0 Å². The Morgan fingerprint density at radius 2 is 2.06 bits per heavy atom. The Kier molecular flexibility index (Phi) is 4.33. The summed E-state index contributed by atoms with van der Waals surface area (Å²) in [6.45, 7) is 7.53. The van der Waals surface area contributed by atoms with Gasteiger partial charge in [-0.3, -0.25) is 4.79 Å². The number of β-amino-alcohol motifs (C(OH)–C–C–N with tert-alkyl or cyclic N) is 1. The number of nitrogens with zero attached hydrogens (tertiary/aromatic N) is 1. The first-order valence-corrected chi connectivity index (χ1v) is 6.04. The summed E-state index contributed by atoms with van der Waals surface area (Å²) >= 11 is 0. The summed E-state index contributed by atoms with van der Waals surface area (Å²) in [6, 6.07) is 0. The number of nitrogens with two attached hydrogens (primary N) is 1. The number of hydrogen-bond donors (Lipinski definition) is 2. The normalized spacial score (nSPS) is 20.8. The first-order chi connectivity index (χ1) is 7.34. The molecular weight excluding hydrogens is 204 g/mol. The molecule has 1 fully saturated rings. The maximum atomic E-state index is 11.8. The largest absolute Gasteiger partial charge is 0.386 e. The zero-order valence-electron chi connectivity index (χ0n) is 10.6. The minimum Gasteiger partial charge on any atom is -0.386 e. The van der Waals surface area contributed by atoms with E-state index in [1.54, 1.807) is 11.8 Å². The van der Waals surface area contributed by atoms with Crippen molar-refractivity contribution in [3.63, 3.8) is 0 Å². The van der Waals surface area contributed by atoms with Crippen LogP contribution in [0.4, 0.5) is 0 Å². The van der Waals surface area contributed by atoms with Gasteiger partial charge in [0.15, 0.2) is 0 Å². The van der Waals surface area contributed by atoms with Crippen LogP contribution in [-0.2, 0) is 4.79 Å². The van der Waals surface area contributed by atoms with Crippen molar-refractivity contribution in [2.24, 2.45) is 17.6 Å². The predicted molar refractivity (Wildman–Crippen MR) is 63.8 cm³/mol. The van der Waals surface area contributed by atoms with Gasteiger partial charge in [0.25, 0.3) is 0 Å². The van der Waals surface area contributed by atoms with Gasteiger partial charge in [0.05, 0.1) is 18.7 Å². The van der Waals surface area contributed by atoms with Crippen LogP contribution < -0.4 is 5.73 Å². The van der Waals surface area contributed by atoms with Gasteiger partial charge in [-0.1, -0.05) is 13.8 Å². The lowest BCUT2D eigenvalue weighted by molar-refractivity contribution is -0.153. The van der Waals surface area contributed by atoms with E-state index in [4.69, 9.17) is 5.73 Å². The Balaban J connectivity index is 2.33. The molecule has 1 aliphatic heterocycles. The molecule has 0 aliphatic carbocycles. The number of amides is 1. The zero-order valence-corrected chi connectivity index (χ0v) is 10.6. The van der Waals surface area contributed by atoms with Crippen molar-refractivity contribution in [1.29, 1.82) is 0 Å². The second-order valence-corrected chi connectivity index (χ2v) is 5.68. The monoisotopic (exact) mass is 228 g/mol. The van der Waals surface area contributed by atoms with Gasteiger partial charge in [-0.2, -0.15) is 0 Å². The molecule has 0 aromatic heterocycles. The Hall–Kier alpha value is -0.610. The quantitative estimate of drug-likeness (QED) is 0.724. The molecule has 0 bridgehead atoms. The van der Waals surface area contributed by atoms with E-state index < -0.39 is 5.60 Å². The topological polar surface area (TPSA) is 66.6 Å². The number of carbonyl (C=O) groups excluding carboxylic acids is 1. The summed E-state index contributed by atoms with van der Waals surface area (Å²) in [4.78, 5) is 13.5. The molecule has 1 heterocycles. The molecule has 1 aliphatic rings. The standard InChI is InChI=1S/C12H24N2O2/c1-9(2)4-10(6-13)5-11(15)14-7-12(3,16)8-14/h9-10,16H,4-8,13H2,1-3H3. The van der Waals surface area contributed by atoms with Crippen LogP contribution in [-0.4, -0.2) is 41.1 Å². The number of hydrogen-bond acceptors (Lipinski definition) is 3. The molecule has 0 aromatic carbocycles. The van der Waals surface area contributed by atoms with Crippen LogP contribution in [0.1, 0.15) is 33.6 Å². The smallest absolute Gasteiger partial charge is 0.223 e. The summed E-state index contributed by atoms with van der Waals surface area (Å²) in [7, 11) is 0. The second-order valence-electron chi connectivity index (χ2n) is 5.68. The highest BCUT2D eigenvalue weighted by Crippen LogP contribution is 2.23. The molecule has 1 amide bonds. The Morgan fingerprint density at radius 3 is 2.44 bits per heavy atom. The van der Waals surface area contributed by atoms with Crippen molar-refractivity contribution in [3.05, 3.63) is 0 Å². The first kappa shape index (κ1) is 13.5. The van der Waals surface area contributed by atoms with E-state index in [9.17, 15) is 9.90 Å². The van der Waals surface area contributed by atoms with Crippen molar-refractivity contribution in [1.82, 2.24) is 4.90 Å². The Labute approximate surface area is 97.8 Å². The van der Waals surface area contributed by atoms with E-state index in [-0.39, 0.29) is 11.8 Å². The van der Waals surface area contributed by atoms with Crippen LogP contribution in [0.15, 0.2) is 0 Å². The van der Waals surface area contributed by atoms with Crippen LogP contribution in [0.3, 0.4) is 0 Å². The number of aliphatic hydroxyl groups is 1. The zero-order chi connectivity index (χ0) is 12.3.